The van der Waals surface area contributed by atoms with Crippen LogP contribution in [-0.2, 0) is 4.79 Å². The van der Waals surface area contributed by atoms with Crippen LogP contribution in [0.2, 0.25) is 0 Å². The van der Waals surface area contributed by atoms with Gasteiger partial charge in [-0.3, -0.25) is 15.4 Å². The van der Waals surface area contributed by atoms with E-state index in [1.165, 1.54) is 12.5 Å². The molecule has 6 heteroatoms. The molecule has 3 amide bonds. The minimum Gasteiger partial charge on any atom is -0.331 e. The number of hydrogen-bond acceptors (Lipinski definition) is 3. The van der Waals surface area contributed by atoms with Crippen LogP contribution in [0.4, 0.5) is 10.6 Å². The van der Waals surface area contributed by atoms with Crippen molar-refractivity contribution in [1.82, 2.24) is 15.3 Å². The van der Waals surface area contributed by atoms with Crippen molar-refractivity contribution in [2.75, 3.05) is 5.32 Å². The van der Waals surface area contributed by atoms with E-state index < -0.39 is 11.9 Å². The lowest BCUT2D eigenvalue weighted by Crippen LogP contribution is -2.33. The molecule has 6 nitrogen and oxygen atoms in total. The molecule has 0 atom stereocenters. The fourth-order valence-electron chi connectivity index (χ4n) is 0.641. The molecule has 13 heavy (non-hydrogen) atoms. The number of carbonyl (C=O) groups is 2. The molecule has 0 aliphatic carbocycles. The molecule has 1 aromatic heterocycles. The molecule has 0 unspecified atom stereocenters. The van der Waals surface area contributed by atoms with Crippen molar-refractivity contribution in [1.29, 1.82) is 0 Å². The van der Waals surface area contributed by atoms with Crippen LogP contribution < -0.4 is 10.6 Å². The van der Waals surface area contributed by atoms with Crippen LogP contribution in [0.15, 0.2) is 25.2 Å². The first-order chi connectivity index (χ1) is 6.22. The maximum absolute atomic E-state index is 10.9. The van der Waals surface area contributed by atoms with E-state index in [2.05, 4.69) is 21.9 Å². The quantitative estimate of drug-likeness (QED) is 0.570. The van der Waals surface area contributed by atoms with Gasteiger partial charge in [-0.15, -0.1) is 0 Å². The van der Waals surface area contributed by atoms with Crippen molar-refractivity contribution in [2.24, 2.45) is 0 Å². The number of urea groups is 1. The number of anilines is 1. The Hall–Kier alpha value is -2.11. The molecule has 3 N–H and O–H groups in total. The van der Waals surface area contributed by atoms with Gasteiger partial charge in [0.2, 0.25) is 0 Å². The molecule has 0 fully saturated rings. The number of rotatable bonds is 2. The first kappa shape index (κ1) is 8.98. The van der Waals surface area contributed by atoms with Gasteiger partial charge in [0.25, 0.3) is 5.91 Å². The van der Waals surface area contributed by atoms with Crippen LogP contribution in [0.1, 0.15) is 0 Å². The lowest BCUT2D eigenvalue weighted by molar-refractivity contribution is -0.115. The number of carbonyl (C=O) groups excluding carboxylic acids is 2. The number of H-pyrrole nitrogens is 1. The number of imide groups is 1. The number of nitrogens with zero attached hydrogens (tertiary/aromatic N) is 1. The van der Waals surface area contributed by atoms with Crippen molar-refractivity contribution in [3.63, 3.8) is 0 Å². The van der Waals surface area contributed by atoms with Crippen LogP contribution >= 0.6 is 0 Å². The van der Waals surface area contributed by atoms with E-state index in [-0.39, 0.29) is 0 Å². The molecular formula is C7H8N4O2. The van der Waals surface area contributed by atoms with E-state index in [9.17, 15) is 9.59 Å². The summed E-state index contributed by atoms with van der Waals surface area (Å²) in [6.07, 6.45) is 3.83. The second kappa shape index (κ2) is 4.05. The van der Waals surface area contributed by atoms with Crippen LogP contribution in [0.3, 0.4) is 0 Å². The highest BCUT2D eigenvalue weighted by Crippen LogP contribution is 1.96. The SMILES string of the molecule is C=CC(=O)NC(=O)Nc1cnc[nH]1. The normalized spacial score (nSPS) is 8.92. The zero-order chi connectivity index (χ0) is 9.68. The van der Waals surface area contributed by atoms with E-state index in [1.54, 1.807) is 0 Å². The highest BCUT2D eigenvalue weighted by Gasteiger charge is 2.04. The van der Waals surface area contributed by atoms with Crippen molar-refractivity contribution in [3.8, 4) is 0 Å². The van der Waals surface area contributed by atoms with Crippen molar-refractivity contribution >= 4 is 17.8 Å². The molecule has 1 aromatic rings. The van der Waals surface area contributed by atoms with Gasteiger partial charge in [-0.25, -0.2) is 9.78 Å². The Morgan fingerprint density at radius 2 is 2.38 bits per heavy atom. The standard InChI is InChI=1S/C7H8N4O2/c1-2-6(12)11-7(13)10-5-3-8-4-9-5/h2-4H,1H2,(H,8,9)(H2,10,11,12,13). The Bertz CT molecular complexity index is 317. The van der Waals surface area contributed by atoms with Gasteiger partial charge in [0.15, 0.2) is 0 Å². The molecule has 0 spiro atoms. The van der Waals surface area contributed by atoms with Gasteiger partial charge in [0, 0.05) is 0 Å². The maximum atomic E-state index is 10.9. The summed E-state index contributed by atoms with van der Waals surface area (Å²) < 4.78 is 0. The first-order valence-corrected chi connectivity index (χ1v) is 3.45. The van der Waals surface area contributed by atoms with Gasteiger partial charge >= 0.3 is 6.03 Å². The Labute approximate surface area is 74.1 Å². The summed E-state index contributed by atoms with van der Waals surface area (Å²) in [4.78, 5) is 27.9. The highest BCUT2D eigenvalue weighted by atomic mass is 16.2. The predicted molar refractivity (Wildman–Crippen MR) is 45.9 cm³/mol. The number of amides is 3. The summed E-state index contributed by atoms with van der Waals surface area (Å²) in [7, 11) is 0. The number of imidazole rings is 1. The number of hydrogen-bond donors (Lipinski definition) is 3. The highest BCUT2D eigenvalue weighted by molar-refractivity contribution is 6.04. The largest absolute Gasteiger partial charge is 0.331 e. The average Bonchev–Trinajstić information content (AvgIpc) is 2.56. The van der Waals surface area contributed by atoms with E-state index in [0.29, 0.717) is 5.82 Å². The van der Waals surface area contributed by atoms with Crippen LogP contribution in [0.5, 0.6) is 0 Å². The third kappa shape index (κ3) is 2.78. The van der Waals surface area contributed by atoms with Gasteiger partial charge in [0.05, 0.1) is 12.5 Å². The molecule has 68 valence electrons. The lowest BCUT2D eigenvalue weighted by Gasteiger charge is -2.00. The molecule has 0 bridgehead atoms. The van der Waals surface area contributed by atoms with E-state index in [0.717, 1.165) is 6.08 Å². The Kier molecular flexibility index (Phi) is 2.80. The third-order valence-electron chi connectivity index (χ3n) is 1.17. The van der Waals surface area contributed by atoms with Gasteiger partial charge in [0.1, 0.15) is 5.82 Å². The summed E-state index contributed by atoms with van der Waals surface area (Å²) in [5, 5.41) is 4.36. The van der Waals surface area contributed by atoms with Crippen LogP contribution in [-0.4, -0.2) is 21.9 Å². The summed E-state index contributed by atoms with van der Waals surface area (Å²) in [6.45, 7) is 3.20. The zero-order valence-electron chi connectivity index (χ0n) is 6.70. The second-order valence-corrected chi connectivity index (χ2v) is 2.11. The molecule has 0 saturated heterocycles. The van der Waals surface area contributed by atoms with E-state index in [4.69, 9.17) is 0 Å². The Morgan fingerprint density at radius 1 is 1.62 bits per heavy atom. The molecule has 0 aromatic carbocycles. The van der Waals surface area contributed by atoms with E-state index in [1.807, 2.05) is 5.32 Å². The number of aromatic amines is 1. The summed E-state index contributed by atoms with van der Waals surface area (Å²) in [5.74, 6) is -0.147. The molecule has 0 aliphatic rings. The summed E-state index contributed by atoms with van der Waals surface area (Å²) >= 11 is 0. The number of nitrogens with one attached hydrogen (secondary N) is 3. The molecule has 1 rings (SSSR count). The molecule has 0 radical (unpaired) electrons. The molecular weight excluding hydrogens is 172 g/mol. The Balaban J connectivity index is 2.42. The van der Waals surface area contributed by atoms with Crippen LogP contribution in [0.25, 0.3) is 0 Å². The van der Waals surface area contributed by atoms with Crippen molar-refractivity contribution < 1.29 is 9.59 Å². The van der Waals surface area contributed by atoms with E-state index >= 15 is 0 Å². The molecule has 1 heterocycles. The second-order valence-electron chi connectivity index (χ2n) is 2.11. The fraction of sp³-hybridized carbons (Fsp3) is 0. The fourth-order valence-corrected chi connectivity index (χ4v) is 0.641. The van der Waals surface area contributed by atoms with Crippen LogP contribution in [0, 0.1) is 0 Å². The van der Waals surface area contributed by atoms with Gasteiger partial charge in [-0.05, 0) is 6.08 Å². The topological polar surface area (TPSA) is 86.9 Å². The number of aromatic nitrogens is 2. The Morgan fingerprint density at radius 3 is 2.92 bits per heavy atom. The van der Waals surface area contributed by atoms with Crippen molar-refractivity contribution in [3.05, 3.63) is 25.2 Å². The monoisotopic (exact) mass is 180 g/mol. The predicted octanol–water partition coefficient (Wildman–Crippen LogP) is 0.244. The van der Waals surface area contributed by atoms with Crippen molar-refractivity contribution in [2.45, 2.75) is 0 Å². The van der Waals surface area contributed by atoms with Gasteiger partial charge < -0.3 is 4.98 Å². The maximum Gasteiger partial charge on any atom is 0.327 e. The first-order valence-electron chi connectivity index (χ1n) is 3.45. The van der Waals surface area contributed by atoms with Gasteiger partial charge in [-0.2, -0.15) is 0 Å². The smallest absolute Gasteiger partial charge is 0.327 e. The zero-order valence-corrected chi connectivity index (χ0v) is 6.70. The average molecular weight is 180 g/mol. The summed E-state index contributed by atoms with van der Waals surface area (Å²) in [5.41, 5.74) is 0. The lowest BCUT2D eigenvalue weighted by atomic mass is 10.6. The molecule has 0 aliphatic heterocycles. The third-order valence-corrected chi connectivity index (χ3v) is 1.17. The summed E-state index contributed by atoms with van der Waals surface area (Å²) in [6, 6.07) is -0.630. The minimum absolute atomic E-state index is 0.411. The minimum atomic E-state index is -0.630. The molecule has 0 saturated carbocycles. The van der Waals surface area contributed by atoms with Gasteiger partial charge in [-0.1, -0.05) is 6.58 Å².